The maximum absolute atomic E-state index is 12.7. The van der Waals surface area contributed by atoms with Crippen LogP contribution in [0.4, 0.5) is 0 Å². The van der Waals surface area contributed by atoms with Gasteiger partial charge in [0.1, 0.15) is 0 Å². The van der Waals surface area contributed by atoms with Crippen LogP contribution in [0.1, 0.15) is 29.7 Å². The molecule has 1 aromatic heterocycles. The smallest absolute Gasteiger partial charge is 0.336 e. The van der Waals surface area contributed by atoms with Crippen LogP contribution in [-0.2, 0) is 9.53 Å². The zero-order valence-corrected chi connectivity index (χ0v) is 16.2. The molecular weight excluding hydrogens is 382 g/mol. The van der Waals surface area contributed by atoms with Gasteiger partial charge in [-0.15, -0.1) is 0 Å². The predicted octanol–water partition coefficient (Wildman–Crippen LogP) is 3.00. The molecule has 0 spiro atoms. The molecule has 0 aliphatic rings. The van der Waals surface area contributed by atoms with Gasteiger partial charge in [-0.2, -0.15) is 0 Å². The first-order valence-corrected chi connectivity index (χ1v) is 9.26. The molecule has 7 heteroatoms. The number of carbonyl (C=O) groups excluding carboxylic acids is 1. The summed E-state index contributed by atoms with van der Waals surface area (Å²) in [6.07, 6.45) is 2.49. The molecule has 0 saturated heterocycles. The zero-order valence-electron chi connectivity index (χ0n) is 16.2. The van der Waals surface area contributed by atoms with Gasteiger partial charge in [-0.25, -0.2) is 9.64 Å². The van der Waals surface area contributed by atoms with Crippen LogP contribution in [0.3, 0.4) is 0 Å². The van der Waals surface area contributed by atoms with E-state index < -0.39 is 23.3 Å². The number of esters is 1. The fourth-order valence-corrected chi connectivity index (χ4v) is 3.07. The van der Waals surface area contributed by atoms with E-state index in [0.717, 1.165) is 17.2 Å². The van der Waals surface area contributed by atoms with Crippen molar-refractivity contribution in [1.29, 1.82) is 0 Å². The van der Waals surface area contributed by atoms with E-state index in [0.29, 0.717) is 0 Å². The van der Waals surface area contributed by atoms with Crippen LogP contribution in [0.25, 0.3) is 10.9 Å². The van der Waals surface area contributed by atoms with Gasteiger partial charge >= 0.3 is 11.7 Å². The number of rotatable bonds is 6. The number of benzene rings is 2. The fourth-order valence-electron chi connectivity index (χ4n) is 3.07. The summed E-state index contributed by atoms with van der Waals surface area (Å²) in [5.41, 5.74) is 0.0399. The normalized spacial score (nSPS) is 11.2. The summed E-state index contributed by atoms with van der Waals surface area (Å²) in [7, 11) is 0. The van der Waals surface area contributed by atoms with E-state index in [2.05, 4.69) is 9.83 Å². The molecule has 0 atom stereocenters. The summed E-state index contributed by atoms with van der Waals surface area (Å²) in [4.78, 5) is 42.4. The summed E-state index contributed by atoms with van der Waals surface area (Å²) in [5, 5.41) is 0. The average Bonchev–Trinajstić information content (AvgIpc) is 2.76. The number of ether oxygens (including phenoxy) is 1. The Morgan fingerprint density at radius 2 is 1.67 bits per heavy atom. The number of hydrogen-bond donors (Lipinski definition) is 1. The van der Waals surface area contributed by atoms with Crippen LogP contribution in [-0.4, -0.2) is 22.1 Å². The lowest BCUT2D eigenvalue weighted by molar-refractivity contribution is -0.138. The third-order valence-electron chi connectivity index (χ3n) is 4.40. The Morgan fingerprint density at radius 1 is 1.10 bits per heavy atom. The highest BCUT2D eigenvalue weighted by Crippen LogP contribution is 2.25. The molecule has 3 rings (SSSR count). The second kappa shape index (κ2) is 9.34. The second-order valence-electron chi connectivity index (χ2n) is 6.34. The molecule has 3 aromatic rings. The molecule has 0 fully saturated rings. The van der Waals surface area contributed by atoms with Crippen LogP contribution in [0.5, 0.6) is 0 Å². The van der Waals surface area contributed by atoms with Crippen molar-refractivity contribution in [2.75, 3.05) is 6.61 Å². The van der Waals surface area contributed by atoms with Gasteiger partial charge in [-0.05, 0) is 24.1 Å². The maximum Gasteiger partial charge on any atom is 0.336 e. The third kappa shape index (κ3) is 4.45. The largest absolute Gasteiger partial charge is 0.471 e. The van der Waals surface area contributed by atoms with Gasteiger partial charge in [0.15, 0.2) is 0 Å². The zero-order chi connectivity index (χ0) is 21.5. The van der Waals surface area contributed by atoms with Crippen LogP contribution in [0, 0.1) is 6.57 Å². The highest BCUT2D eigenvalue weighted by atomic mass is 16.5. The van der Waals surface area contributed by atoms with Gasteiger partial charge in [0.25, 0.3) is 11.3 Å². The van der Waals surface area contributed by atoms with Crippen LogP contribution in [0.2, 0.25) is 0 Å². The Hall–Kier alpha value is -4.18. The lowest BCUT2D eigenvalue weighted by atomic mass is 9.98. The van der Waals surface area contributed by atoms with Gasteiger partial charge in [0.05, 0.1) is 19.2 Å². The van der Waals surface area contributed by atoms with E-state index in [1.165, 1.54) is 10.8 Å². The standard InChI is InChI=1S/C23H19N3O4/c1-3-30-22(28)19(24-2)14-18-15-26(23(29)25-21(18)27)20(16-10-6-4-7-11-16)17-12-8-5-9-13-17/h4-15,20H,3H2,1H3,(H,25,27,29). The Morgan fingerprint density at radius 3 is 2.17 bits per heavy atom. The summed E-state index contributed by atoms with van der Waals surface area (Å²) in [6, 6.07) is 18.2. The Bertz CT molecular complexity index is 1180. The first kappa shape index (κ1) is 20.6. The van der Waals surface area contributed by atoms with Crippen molar-refractivity contribution in [2.24, 2.45) is 0 Å². The van der Waals surface area contributed by atoms with E-state index in [4.69, 9.17) is 11.3 Å². The van der Waals surface area contributed by atoms with Crippen LogP contribution >= 0.6 is 0 Å². The van der Waals surface area contributed by atoms with Crippen molar-refractivity contribution in [2.45, 2.75) is 13.0 Å². The van der Waals surface area contributed by atoms with E-state index in [-0.39, 0.29) is 17.9 Å². The van der Waals surface area contributed by atoms with E-state index in [1.54, 1.807) is 6.92 Å². The summed E-state index contributed by atoms with van der Waals surface area (Å²) >= 11 is 0. The van der Waals surface area contributed by atoms with E-state index >= 15 is 0 Å². The van der Waals surface area contributed by atoms with Crippen molar-refractivity contribution in [3.05, 3.63) is 122 Å². The number of aromatic nitrogens is 2. The minimum atomic E-state index is -0.827. The molecule has 30 heavy (non-hydrogen) atoms. The lowest BCUT2D eigenvalue weighted by Gasteiger charge is -2.21. The quantitative estimate of drug-likeness (QED) is 0.391. The van der Waals surface area contributed by atoms with E-state index in [9.17, 15) is 14.4 Å². The SMILES string of the molecule is [C-]#[N+]C(=Cc1cn(C(c2ccccc2)c2ccccc2)c(=O)[nH]c1=O)C(=O)OCC. The van der Waals surface area contributed by atoms with Crippen molar-refractivity contribution in [3.63, 3.8) is 0 Å². The Kier molecular flexibility index (Phi) is 6.40. The molecule has 1 heterocycles. The highest BCUT2D eigenvalue weighted by Gasteiger charge is 2.19. The number of aromatic amines is 1. The van der Waals surface area contributed by atoms with Gasteiger partial charge in [-0.3, -0.25) is 19.1 Å². The molecule has 0 radical (unpaired) electrons. The van der Waals surface area contributed by atoms with Gasteiger partial charge in [0, 0.05) is 11.8 Å². The minimum absolute atomic E-state index is 0.00511. The number of nitrogens with zero attached hydrogens (tertiary/aromatic N) is 2. The molecule has 0 amide bonds. The van der Waals surface area contributed by atoms with Gasteiger partial charge < -0.3 is 4.74 Å². The van der Waals surface area contributed by atoms with E-state index in [1.807, 2.05) is 60.7 Å². The molecule has 7 nitrogen and oxygen atoms in total. The number of hydrogen-bond acceptors (Lipinski definition) is 4. The molecular formula is C23H19N3O4. The monoisotopic (exact) mass is 401 g/mol. The number of nitrogens with one attached hydrogen (secondary N) is 1. The molecule has 0 saturated carbocycles. The van der Waals surface area contributed by atoms with Crippen molar-refractivity contribution >= 4 is 12.0 Å². The number of H-pyrrole nitrogens is 1. The van der Waals surface area contributed by atoms with Crippen LogP contribution in [0.15, 0.2) is 82.1 Å². The molecule has 0 bridgehead atoms. The molecule has 0 unspecified atom stereocenters. The molecule has 2 aromatic carbocycles. The van der Waals surface area contributed by atoms with Gasteiger partial charge in [-0.1, -0.05) is 60.7 Å². The summed E-state index contributed by atoms with van der Waals surface area (Å²) < 4.78 is 6.22. The molecule has 0 aliphatic heterocycles. The Labute approximate surface area is 172 Å². The minimum Gasteiger partial charge on any atom is -0.471 e. The summed E-state index contributed by atoms with van der Waals surface area (Å²) in [6.45, 7) is 8.94. The van der Waals surface area contributed by atoms with Crippen molar-refractivity contribution in [3.8, 4) is 0 Å². The first-order valence-electron chi connectivity index (χ1n) is 9.26. The first-order chi connectivity index (χ1) is 14.5. The highest BCUT2D eigenvalue weighted by molar-refractivity contribution is 5.95. The topological polar surface area (TPSA) is 85.5 Å². The molecule has 0 aliphatic carbocycles. The third-order valence-corrected chi connectivity index (χ3v) is 4.40. The van der Waals surface area contributed by atoms with Crippen molar-refractivity contribution < 1.29 is 9.53 Å². The lowest BCUT2D eigenvalue weighted by Crippen LogP contribution is -2.34. The number of carbonyl (C=O) groups is 1. The summed E-state index contributed by atoms with van der Waals surface area (Å²) in [5.74, 6) is -0.827. The van der Waals surface area contributed by atoms with Gasteiger partial charge in [0.2, 0.25) is 0 Å². The predicted molar refractivity (Wildman–Crippen MR) is 113 cm³/mol. The van der Waals surface area contributed by atoms with Crippen LogP contribution < -0.4 is 11.2 Å². The Balaban J connectivity index is 2.20. The molecule has 1 N–H and O–H groups in total. The van der Waals surface area contributed by atoms with Crippen molar-refractivity contribution in [1.82, 2.24) is 9.55 Å². The molecule has 150 valence electrons. The second-order valence-corrected chi connectivity index (χ2v) is 6.34. The fraction of sp³-hybridized carbons (Fsp3) is 0.130. The maximum atomic E-state index is 12.7. The average molecular weight is 401 g/mol.